The molecule has 3 N–H and O–H groups in total. The van der Waals surface area contributed by atoms with Crippen LogP contribution in [-0.4, -0.2) is 33.0 Å². The van der Waals surface area contributed by atoms with Gasteiger partial charge in [0, 0.05) is 24.6 Å². The van der Waals surface area contributed by atoms with E-state index < -0.39 is 6.10 Å². The van der Waals surface area contributed by atoms with Gasteiger partial charge in [0.2, 0.25) is 0 Å². The SMILES string of the molecule is Cc1nc2ccc(C(=O)CC[C@@H](O)[C@@H]3Cc4ccccc4CN3)cc2[nH]1. The fourth-order valence-corrected chi connectivity index (χ4v) is 3.69. The zero-order valence-corrected chi connectivity index (χ0v) is 14.8. The molecule has 134 valence electrons. The number of hydrogen-bond donors (Lipinski definition) is 3. The van der Waals surface area contributed by atoms with Crippen LogP contribution in [-0.2, 0) is 13.0 Å². The zero-order valence-electron chi connectivity index (χ0n) is 14.8. The van der Waals surface area contributed by atoms with Gasteiger partial charge < -0.3 is 15.4 Å². The molecule has 0 saturated heterocycles. The van der Waals surface area contributed by atoms with Gasteiger partial charge in [-0.2, -0.15) is 0 Å². The molecule has 0 spiro atoms. The van der Waals surface area contributed by atoms with Crippen LogP contribution in [0.25, 0.3) is 11.0 Å². The molecule has 2 aromatic carbocycles. The second-order valence-corrected chi connectivity index (χ2v) is 7.04. The van der Waals surface area contributed by atoms with Gasteiger partial charge in [0.25, 0.3) is 0 Å². The first-order valence-electron chi connectivity index (χ1n) is 9.08. The summed E-state index contributed by atoms with van der Waals surface area (Å²) in [5.41, 5.74) is 4.97. The third-order valence-electron chi connectivity index (χ3n) is 5.17. The Bertz CT molecular complexity index is 947. The van der Waals surface area contributed by atoms with E-state index in [9.17, 15) is 9.90 Å². The summed E-state index contributed by atoms with van der Waals surface area (Å²) < 4.78 is 0. The number of aliphatic hydroxyl groups is 1. The molecule has 2 atom stereocenters. The molecule has 2 heterocycles. The average molecular weight is 349 g/mol. The van der Waals surface area contributed by atoms with Crippen molar-refractivity contribution in [2.75, 3.05) is 0 Å². The fourth-order valence-electron chi connectivity index (χ4n) is 3.69. The van der Waals surface area contributed by atoms with Crippen LogP contribution in [0, 0.1) is 6.92 Å². The molecular formula is C21H23N3O2. The predicted octanol–water partition coefficient (Wildman–Crippen LogP) is 2.91. The molecule has 0 amide bonds. The lowest BCUT2D eigenvalue weighted by Gasteiger charge is -2.29. The number of aryl methyl sites for hydroxylation is 1. The molecule has 1 aliphatic rings. The highest BCUT2D eigenvalue weighted by Crippen LogP contribution is 2.21. The van der Waals surface area contributed by atoms with E-state index in [1.165, 1.54) is 11.1 Å². The molecule has 4 rings (SSSR count). The number of nitrogens with one attached hydrogen (secondary N) is 2. The van der Waals surface area contributed by atoms with E-state index in [0.717, 1.165) is 29.8 Å². The molecule has 5 nitrogen and oxygen atoms in total. The minimum Gasteiger partial charge on any atom is -0.391 e. The number of aromatic nitrogens is 2. The molecule has 0 aliphatic carbocycles. The average Bonchev–Trinajstić information content (AvgIpc) is 3.04. The monoisotopic (exact) mass is 349 g/mol. The first-order valence-corrected chi connectivity index (χ1v) is 9.08. The highest BCUT2D eigenvalue weighted by Gasteiger charge is 2.24. The molecule has 1 aromatic heterocycles. The van der Waals surface area contributed by atoms with Crippen molar-refractivity contribution >= 4 is 16.8 Å². The minimum atomic E-state index is -0.537. The number of nitrogens with zero attached hydrogens (tertiary/aromatic N) is 1. The smallest absolute Gasteiger partial charge is 0.163 e. The molecule has 0 radical (unpaired) electrons. The Morgan fingerprint density at radius 2 is 2.08 bits per heavy atom. The molecule has 0 fully saturated rings. The van der Waals surface area contributed by atoms with E-state index in [-0.39, 0.29) is 11.8 Å². The zero-order chi connectivity index (χ0) is 18.1. The summed E-state index contributed by atoms with van der Waals surface area (Å²) in [4.78, 5) is 20.0. The molecule has 0 unspecified atom stereocenters. The highest BCUT2D eigenvalue weighted by molar-refractivity contribution is 5.98. The van der Waals surface area contributed by atoms with Crippen molar-refractivity contribution in [3.8, 4) is 0 Å². The Morgan fingerprint density at radius 3 is 2.92 bits per heavy atom. The van der Waals surface area contributed by atoms with E-state index in [0.29, 0.717) is 18.4 Å². The fraction of sp³-hybridized carbons (Fsp3) is 0.333. The number of rotatable bonds is 5. The number of benzene rings is 2. The van der Waals surface area contributed by atoms with Gasteiger partial charge in [0.15, 0.2) is 5.78 Å². The van der Waals surface area contributed by atoms with Gasteiger partial charge in [-0.15, -0.1) is 0 Å². The summed E-state index contributed by atoms with van der Waals surface area (Å²) in [5.74, 6) is 0.887. The van der Waals surface area contributed by atoms with E-state index in [1.807, 2.05) is 37.3 Å². The highest BCUT2D eigenvalue weighted by atomic mass is 16.3. The maximum atomic E-state index is 12.5. The first-order chi connectivity index (χ1) is 12.6. The van der Waals surface area contributed by atoms with Crippen molar-refractivity contribution in [1.82, 2.24) is 15.3 Å². The maximum absolute atomic E-state index is 12.5. The van der Waals surface area contributed by atoms with Gasteiger partial charge >= 0.3 is 0 Å². The summed E-state index contributed by atoms with van der Waals surface area (Å²) >= 11 is 0. The van der Waals surface area contributed by atoms with Crippen LogP contribution in [0.2, 0.25) is 0 Å². The van der Waals surface area contributed by atoms with E-state index >= 15 is 0 Å². The van der Waals surface area contributed by atoms with Crippen LogP contribution >= 0.6 is 0 Å². The summed E-state index contributed by atoms with van der Waals surface area (Å²) in [6, 6.07) is 13.8. The van der Waals surface area contributed by atoms with Gasteiger partial charge in [-0.05, 0) is 49.1 Å². The van der Waals surface area contributed by atoms with Gasteiger partial charge in [0.05, 0.1) is 17.1 Å². The van der Waals surface area contributed by atoms with Gasteiger partial charge in [-0.25, -0.2) is 4.98 Å². The van der Waals surface area contributed by atoms with Gasteiger partial charge in [-0.3, -0.25) is 4.79 Å². The number of carbonyl (C=O) groups is 1. The third kappa shape index (κ3) is 3.41. The Balaban J connectivity index is 1.37. The second-order valence-electron chi connectivity index (χ2n) is 7.04. The maximum Gasteiger partial charge on any atom is 0.163 e. The normalized spacial score (nSPS) is 17.8. The number of hydrogen-bond acceptors (Lipinski definition) is 4. The van der Waals surface area contributed by atoms with Crippen LogP contribution < -0.4 is 5.32 Å². The van der Waals surface area contributed by atoms with Crippen molar-refractivity contribution < 1.29 is 9.90 Å². The Labute approximate surface area is 152 Å². The van der Waals surface area contributed by atoms with E-state index in [2.05, 4.69) is 27.4 Å². The van der Waals surface area contributed by atoms with Crippen molar-refractivity contribution in [2.45, 2.75) is 44.9 Å². The number of Topliss-reactive ketones (excluding diaryl/α,β-unsaturated/α-hetero) is 1. The summed E-state index contributed by atoms with van der Waals surface area (Å²) in [5, 5.41) is 13.9. The minimum absolute atomic E-state index is 0.00423. The van der Waals surface area contributed by atoms with Crippen LogP contribution in [0.1, 0.15) is 40.2 Å². The van der Waals surface area contributed by atoms with Crippen molar-refractivity contribution in [3.05, 3.63) is 65.0 Å². The Hall–Kier alpha value is -2.50. The van der Waals surface area contributed by atoms with Crippen LogP contribution in [0.4, 0.5) is 0 Å². The number of carbonyl (C=O) groups excluding carboxylic acids is 1. The summed E-state index contributed by atoms with van der Waals surface area (Å²) in [7, 11) is 0. The quantitative estimate of drug-likeness (QED) is 0.619. The standard InChI is InChI=1S/C21H23N3O2/c1-13-23-17-7-6-15(11-18(17)24-13)20(25)8-9-21(26)19-10-14-4-2-3-5-16(14)12-22-19/h2-7,11,19,21-22,26H,8-10,12H2,1H3,(H,23,24)/t19-,21+/m0/s1. The number of ketones is 1. The predicted molar refractivity (Wildman–Crippen MR) is 101 cm³/mol. The second kappa shape index (κ2) is 7.02. The molecule has 26 heavy (non-hydrogen) atoms. The van der Waals surface area contributed by atoms with Crippen LogP contribution in [0.5, 0.6) is 0 Å². The largest absolute Gasteiger partial charge is 0.391 e. The molecule has 5 heteroatoms. The van der Waals surface area contributed by atoms with Crippen LogP contribution in [0.15, 0.2) is 42.5 Å². The van der Waals surface area contributed by atoms with E-state index in [1.54, 1.807) is 0 Å². The lowest BCUT2D eigenvalue weighted by Crippen LogP contribution is -2.44. The van der Waals surface area contributed by atoms with Crippen LogP contribution in [0.3, 0.4) is 0 Å². The molecule has 3 aromatic rings. The van der Waals surface area contributed by atoms with Crippen molar-refractivity contribution in [2.24, 2.45) is 0 Å². The summed E-state index contributed by atoms with van der Waals surface area (Å²) in [6.07, 6.45) is 1.05. The number of aliphatic hydroxyl groups excluding tert-OH is 1. The number of aromatic amines is 1. The third-order valence-corrected chi connectivity index (χ3v) is 5.17. The summed E-state index contributed by atoms with van der Waals surface area (Å²) in [6.45, 7) is 2.66. The molecular weight excluding hydrogens is 326 g/mol. The van der Waals surface area contributed by atoms with Crippen molar-refractivity contribution in [3.63, 3.8) is 0 Å². The van der Waals surface area contributed by atoms with Gasteiger partial charge in [-0.1, -0.05) is 24.3 Å². The number of fused-ring (bicyclic) bond motifs is 2. The lowest BCUT2D eigenvalue weighted by molar-refractivity contribution is 0.0877. The van der Waals surface area contributed by atoms with Crippen molar-refractivity contribution in [1.29, 1.82) is 0 Å². The van der Waals surface area contributed by atoms with Gasteiger partial charge in [0.1, 0.15) is 5.82 Å². The Kier molecular flexibility index (Phi) is 4.57. The number of imidazole rings is 1. The Morgan fingerprint density at radius 1 is 1.27 bits per heavy atom. The lowest BCUT2D eigenvalue weighted by atomic mass is 9.91. The molecule has 1 aliphatic heterocycles. The van der Waals surface area contributed by atoms with E-state index in [4.69, 9.17) is 0 Å². The number of H-pyrrole nitrogens is 1. The first kappa shape index (κ1) is 16.9. The molecule has 0 saturated carbocycles. The molecule has 0 bridgehead atoms. The topological polar surface area (TPSA) is 78.0 Å².